The summed E-state index contributed by atoms with van der Waals surface area (Å²) in [6.07, 6.45) is 2.86. The molecule has 0 aliphatic carbocycles. The minimum Gasteiger partial charge on any atom is -0.312 e. The van der Waals surface area contributed by atoms with E-state index in [0.29, 0.717) is 10.0 Å². The van der Waals surface area contributed by atoms with Gasteiger partial charge in [-0.05, 0) is 30.7 Å². The van der Waals surface area contributed by atoms with Crippen LogP contribution in [-0.2, 0) is 6.54 Å². The summed E-state index contributed by atoms with van der Waals surface area (Å²) in [6.45, 7) is 5.40. The third-order valence-electron chi connectivity index (χ3n) is 1.84. The summed E-state index contributed by atoms with van der Waals surface area (Å²) in [4.78, 5) is 0. The minimum absolute atomic E-state index is 0.599. The van der Waals surface area contributed by atoms with Crippen molar-refractivity contribution >= 4 is 23.2 Å². The zero-order valence-electron chi connectivity index (χ0n) is 7.89. The molecule has 0 bridgehead atoms. The first-order chi connectivity index (χ1) is 6.74. The van der Waals surface area contributed by atoms with Crippen LogP contribution in [0.4, 0.5) is 0 Å². The maximum absolute atomic E-state index is 5.88. The zero-order valence-corrected chi connectivity index (χ0v) is 9.41. The van der Waals surface area contributed by atoms with E-state index in [-0.39, 0.29) is 0 Å². The topological polar surface area (TPSA) is 12.0 Å². The van der Waals surface area contributed by atoms with Gasteiger partial charge in [-0.1, -0.05) is 35.3 Å². The van der Waals surface area contributed by atoms with Gasteiger partial charge >= 0.3 is 0 Å². The molecule has 0 heterocycles. The van der Waals surface area contributed by atoms with Crippen LogP contribution in [0.25, 0.3) is 0 Å². The second kappa shape index (κ2) is 6.07. The van der Waals surface area contributed by atoms with E-state index in [2.05, 4.69) is 11.9 Å². The van der Waals surface area contributed by atoms with E-state index in [1.165, 1.54) is 0 Å². The summed E-state index contributed by atoms with van der Waals surface area (Å²) in [7, 11) is 0. The van der Waals surface area contributed by atoms with Crippen molar-refractivity contribution in [3.8, 4) is 0 Å². The fourth-order valence-electron chi connectivity index (χ4n) is 1.09. The Hall–Kier alpha value is -0.500. The first kappa shape index (κ1) is 11.6. The third-order valence-corrected chi connectivity index (χ3v) is 2.58. The predicted octanol–water partition coefficient (Wildman–Crippen LogP) is 3.66. The Bertz CT molecular complexity index is 310. The molecule has 0 spiro atoms. The molecule has 0 fully saturated rings. The number of halogens is 2. The molecule has 0 atom stereocenters. The second-order valence-corrected chi connectivity index (χ2v) is 3.82. The Labute approximate surface area is 94.7 Å². The van der Waals surface area contributed by atoms with E-state index < -0.39 is 0 Å². The van der Waals surface area contributed by atoms with Crippen LogP contribution in [0.5, 0.6) is 0 Å². The smallest absolute Gasteiger partial charge is 0.0595 e. The molecular weight excluding hydrogens is 217 g/mol. The Morgan fingerprint density at radius 2 is 2.07 bits per heavy atom. The molecule has 1 aromatic rings. The molecule has 0 saturated heterocycles. The molecule has 0 unspecified atom stereocenters. The molecule has 0 amide bonds. The van der Waals surface area contributed by atoms with E-state index >= 15 is 0 Å². The lowest BCUT2D eigenvalue weighted by Crippen LogP contribution is -2.13. The van der Waals surface area contributed by atoms with E-state index in [1.54, 1.807) is 0 Å². The molecule has 14 heavy (non-hydrogen) atoms. The van der Waals surface area contributed by atoms with Gasteiger partial charge in [0.1, 0.15) is 0 Å². The normalized spacial score (nSPS) is 10.1. The first-order valence-corrected chi connectivity index (χ1v) is 5.25. The maximum atomic E-state index is 5.88. The number of nitrogens with one attached hydrogen (secondary N) is 1. The van der Waals surface area contributed by atoms with Gasteiger partial charge in [-0.3, -0.25) is 0 Å². The highest BCUT2D eigenvalue weighted by molar-refractivity contribution is 6.42. The largest absolute Gasteiger partial charge is 0.312 e. The molecule has 1 nitrogen and oxygen atoms in total. The number of hydrogen-bond donors (Lipinski definition) is 1. The lowest BCUT2D eigenvalue weighted by atomic mass is 10.2. The van der Waals surface area contributed by atoms with Crippen LogP contribution in [0.3, 0.4) is 0 Å². The molecule has 0 aliphatic rings. The van der Waals surface area contributed by atoms with Crippen molar-refractivity contribution in [1.82, 2.24) is 5.32 Å². The van der Waals surface area contributed by atoms with Crippen molar-refractivity contribution in [2.24, 2.45) is 0 Å². The van der Waals surface area contributed by atoms with E-state index in [0.717, 1.165) is 25.1 Å². The molecule has 0 radical (unpaired) electrons. The number of rotatable bonds is 5. The van der Waals surface area contributed by atoms with Gasteiger partial charge in [-0.15, -0.1) is 6.58 Å². The lowest BCUT2D eigenvalue weighted by molar-refractivity contribution is 0.696. The minimum atomic E-state index is 0.599. The van der Waals surface area contributed by atoms with Crippen molar-refractivity contribution in [1.29, 1.82) is 0 Å². The summed E-state index contributed by atoms with van der Waals surface area (Å²) in [5, 5.41) is 4.48. The summed E-state index contributed by atoms with van der Waals surface area (Å²) in [6, 6.07) is 5.66. The molecule has 0 aliphatic heterocycles. The molecular formula is C11H13Cl2N. The van der Waals surface area contributed by atoms with E-state index in [4.69, 9.17) is 23.2 Å². The lowest BCUT2D eigenvalue weighted by Gasteiger charge is -2.04. The molecule has 0 saturated carbocycles. The molecule has 1 aromatic carbocycles. The Morgan fingerprint density at radius 1 is 1.29 bits per heavy atom. The number of hydrogen-bond acceptors (Lipinski definition) is 1. The van der Waals surface area contributed by atoms with Gasteiger partial charge in [0.15, 0.2) is 0 Å². The third kappa shape index (κ3) is 3.70. The highest BCUT2D eigenvalue weighted by Gasteiger charge is 1.98. The maximum Gasteiger partial charge on any atom is 0.0595 e. The summed E-state index contributed by atoms with van der Waals surface area (Å²) in [5.74, 6) is 0. The summed E-state index contributed by atoms with van der Waals surface area (Å²) in [5.41, 5.74) is 1.14. The van der Waals surface area contributed by atoms with Crippen molar-refractivity contribution in [2.75, 3.05) is 6.54 Å². The van der Waals surface area contributed by atoms with Crippen LogP contribution in [0, 0.1) is 0 Å². The van der Waals surface area contributed by atoms with Crippen LogP contribution in [0.2, 0.25) is 10.0 Å². The van der Waals surface area contributed by atoms with Crippen LogP contribution in [0.1, 0.15) is 12.0 Å². The van der Waals surface area contributed by atoms with Crippen LogP contribution >= 0.6 is 23.2 Å². The van der Waals surface area contributed by atoms with Gasteiger partial charge in [0.25, 0.3) is 0 Å². The van der Waals surface area contributed by atoms with Gasteiger partial charge in [0, 0.05) is 6.54 Å². The monoisotopic (exact) mass is 229 g/mol. The van der Waals surface area contributed by atoms with Crippen molar-refractivity contribution in [2.45, 2.75) is 13.0 Å². The molecule has 0 aromatic heterocycles. The van der Waals surface area contributed by atoms with E-state index in [1.807, 2.05) is 24.3 Å². The Balaban J connectivity index is 2.43. The standard InChI is InChI=1S/C11H13Cl2N/c1-2-3-6-14-8-9-4-5-10(12)11(13)7-9/h2,4-5,7,14H,1,3,6,8H2. The van der Waals surface area contributed by atoms with Gasteiger partial charge in [0.2, 0.25) is 0 Å². The Kier molecular flexibility index (Phi) is 5.02. The van der Waals surface area contributed by atoms with Gasteiger partial charge in [-0.25, -0.2) is 0 Å². The molecule has 1 rings (SSSR count). The van der Waals surface area contributed by atoms with Crippen molar-refractivity contribution < 1.29 is 0 Å². The quantitative estimate of drug-likeness (QED) is 0.601. The average Bonchev–Trinajstić information content (AvgIpc) is 2.18. The molecule has 76 valence electrons. The van der Waals surface area contributed by atoms with Crippen LogP contribution in [0.15, 0.2) is 30.9 Å². The first-order valence-electron chi connectivity index (χ1n) is 4.49. The second-order valence-electron chi connectivity index (χ2n) is 3.00. The zero-order chi connectivity index (χ0) is 10.4. The van der Waals surface area contributed by atoms with Crippen LogP contribution in [-0.4, -0.2) is 6.54 Å². The predicted molar refractivity (Wildman–Crippen MR) is 63.0 cm³/mol. The Morgan fingerprint density at radius 3 is 2.71 bits per heavy atom. The highest BCUT2D eigenvalue weighted by atomic mass is 35.5. The van der Waals surface area contributed by atoms with Gasteiger partial charge in [-0.2, -0.15) is 0 Å². The average molecular weight is 230 g/mol. The van der Waals surface area contributed by atoms with Gasteiger partial charge in [0.05, 0.1) is 10.0 Å². The summed E-state index contributed by atoms with van der Waals surface area (Å²) >= 11 is 11.7. The summed E-state index contributed by atoms with van der Waals surface area (Å²) < 4.78 is 0. The molecule has 3 heteroatoms. The van der Waals surface area contributed by atoms with Crippen molar-refractivity contribution in [3.63, 3.8) is 0 Å². The fourth-order valence-corrected chi connectivity index (χ4v) is 1.41. The van der Waals surface area contributed by atoms with Gasteiger partial charge < -0.3 is 5.32 Å². The molecule has 1 N–H and O–H groups in total. The highest BCUT2D eigenvalue weighted by Crippen LogP contribution is 2.22. The van der Waals surface area contributed by atoms with Crippen LogP contribution < -0.4 is 5.32 Å². The SMILES string of the molecule is C=CCCNCc1ccc(Cl)c(Cl)c1. The van der Waals surface area contributed by atoms with E-state index in [9.17, 15) is 0 Å². The number of benzene rings is 1. The van der Waals surface area contributed by atoms with Crippen molar-refractivity contribution in [3.05, 3.63) is 46.5 Å². The fraction of sp³-hybridized carbons (Fsp3) is 0.273.